The third-order valence-electron chi connectivity index (χ3n) is 3.95. The second-order valence-corrected chi connectivity index (χ2v) is 6.11. The number of hydrogen-bond donors (Lipinski definition) is 0. The second-order valence-electron chi connectivity index (χ2n) is 5.71. The molecule has 0 radical (unpaired) electrons. The molecule has 0 aromatic heterocycles. The summed E-state index contributed by atoms with van der Waals surface area (Å²) in [6, 6.07) is 13.5. The Kier molecular flexibility index (Phi) is 6.92. The molecule has 1 amide bonds. The standard InChI is InChI=1S/C20H19ClFNO3/c1-14(16-6-4-3-5-7-16)23(2)19(24)13-26-20(25)11-9-15-8-10-18(22)17(21)12-15/h3-12,14H,13H2,1-2H3/b11-9+/t14-/m1/s1. The van der Waals surface area contributed by atoms with Gasteiger partial charge in [-0.25, -0.2) is 9.18 Å². The van der Waals surface area contributed by atoms with Gasteiger partial charge in [-0.2, -0.15) is 0 Å². The van der Waals surface area contributed by atoms with E-state index in [1.807, 2.05) is 37.3 Å². The molecule has 0 bridgehead atoms. The number of likely N-dealkylation sites (N-methyl/N-ethyl adjacent to an activating group) is 1. The maximum Gasteiger partial charge on any atom is 0.331 e. The lowest BCUT2D eigenvalue weighted by Gasteiger charge is -2.25. The first-order valence-electron chi connectivity index (χ1n) is 7.99. The van der Waals surface area contributed by atoms with E-state index in [2.05, 4.69) is 0 Å². The molecule has 0 saturated carbocycles. The molecule has 0 aliphatic rings. The Hall–Kier alpha value is -2.66. The van der Waals surface area contributed by atoms with Gasteiger partial charge in [-0.15, -0.1) is 0 Å². The number of amides is 1. The lowest BCUT2D eigenvalue weighted by Crippen LogP contribution is -2.33. The van der Waals surface area contributed by atoms with Crippen molar-refractivity contribution >= 4 is 29.6 Å². The fraction of sp³-hybridized carbons (Fsp3) is 0.200. The van der Waals surface area contributed by atoms with Crippen molar-refractivity contribution in [2.45, 2.75) is 13.0 Å². The number of halogens is 2. The van der Waals surface area contributed by atoms with Crippen molar-refractivity contribution in [1.82, 2.24) is 4.90 Å². The largest absolute Gasteiger partial charge is 0.452 e. The Balaban J connectivity index is 1.86. The van der Waals surface area contributed by atoms with Crippen LogP contribution in [-0.4, -0.2) is 30.4 Å². The van der Waals surface area contributed by atoms with Crippen molar-refractivity contribution in [3.05, 3.63) is 76.6 Å². The van der Waals surface area contributed by atoms with Crippen LogP contribution >= 0.6 is 11.6 Å². The van der Waals surface area contributed by atoms with Crippen molar-refractivity contribution in [3.63, 3.8) is 0 Å². The fourth-order valence-electron chi connectivity index (χ4n) is 2.23. The Morgan fingerprint density at radius 3 is 2.58 bits per heavy atom. The number of hydrogen-bond acceptors (Lipinski definition) is 3. The molecule has 0 saturated heterocycles. The Morgan fingerprint density at radius 2 is 1.92 bits per heavy atom. The Morgan fingerprint density at radius 1 is 1.23 bits per heavy atom. The van der Waals surface area contributed by atoms with E-state index in [0.29, 0.717) is 5.56 Å². The highest BCUT2D eigenvalue weighted by Gasteiger charge is 2.18. The van der Waals surface area contributed by atoms with Crippen LogP contribution in [0.3, 0.4) is 0 Å². The SMILES string of the molecule is C[C@H](c1ccccc1)N(C)C(=O)COC(=O)/C=C/c1ccc(F)c(Cl)c1. The molecule has 0 unspecified atom stereocenters. The molecular weight excluding hydrogens is 357 g/mol. The highest BCUT2D eigenvalue weighted by Crippen LogP contribution is 2.18. The van der Waals surface area contributed by atoms with Gasteiger partial charge in [0, 0.05) is 13.1 Å². The van der Waals surface area contributed by atoms with Crippen LogP contribution in [0.25, 0.3) is 6.08 Å². The van der Waals surface area contributed by atoms with Crippen LogP contribution in [-0.2, 0) is 14.3 Å². The average molecular weight is 376 g/mol. The highest BCUT2D eigenvalue weighted by atomic mass is 35.5. The summed E-state index contributed by atoms with van der Waals surface area (Å²) in [6.07, 6.45) is 2.60. The minimum Gasteiger partial charge on any atom is -0.452 e. The predicted octanol–water partition coefficient (Wildman–Crippen LogP) is 4.26. The van der Waals surface area contributed by atoms with Gasteiger partial charge in [-0.05, 0) is 36.3 Å². The highest BCUT2D eigenvalue weighted by molar-refractivity contribution is 6.30. The summed E-state index contributed by atoms with van der Waals surface area (Å²) in [6.45, 7) is 1.54. The smallest absolute Gasteiger partial charge is 0.331 e. The number of esters is 1. The number of nitrogens with zero attached hydrogens (tertiary/aromatic N) is 1. The molecule has 0 fully saturated rings. The lowest BCUT2D eigenvalue weighted by atomic mass is 10.1. The quantitative estimate of drug-likeness (QED) is 0.560. The number of carbonyl (C=O) groups excluding carboxylic acids is 2. The molecule has 0 aliphatic heterocycles. The maximum absolute atomic E-state index is 13.1. The Bertz CT molecular complexity index is 808. The van der Waals surface area contributed by atoms with Gasteiger partial charge in [-0.1, -0.05) is 48.0 Å². The first-order chi connectivity index (χ1) is 12.4. The molecule has 0 heterocycles. The van der Waals surface area contributed by atoms with E-state index in [0.717, 1.165) is 11.6 Å². The van der Waals surface area contributed by atoms with Gasteiger partial charge in [0.15, 0.2) is 6.61 Å². The van der Waals surface area contributed by atoms with Gasteiger partial charge in [0.2, 0.25) is 0 Å². The van der Waals surface area contributed by atoms with Crippen molar-refractivity contribution in [2.24, 2.45) is 0 Å². The topological polar surface area (TPSA) is 46.6 Å². The van der Waals surface area contributed by atoms with Crippen LogP contribution in [0.15, 0.2) is 54.6 Å². The normalized spacial score (nSPS) is 12.0. The zero-order valence-corrected chi connectivity index (χ0v) is 15.2. The number of ether oxygens (including phenoxy) is 1. The van der Waals surface area contributed by atoms with E-state index < -0.39 is 11.8 Å². The summed E-state index contributed by atoms with van der Waals surface area (Å²) in [4.78, 5) is 25.5. The molecule has 136 valence electrons. The minimum atomic E-state index is -0.667. The van der Waals surface area contributed by atoms with E-state index >= 15 is 0 Å². The van der Waals surface area contributed by atoms with E-state index in [4.69, 9.17) is 16.3 Å². The van der Waals surface area contributed by atoms with Crippen LogP contribution in [0.1, 0.15) is 24.1 Å². The molecule has 1 atom stereocenters. The van der Waals surface area contributed by atoms with E-state index in [1.54, 1.807) is 7.05 Å². The van der Waals surface area contributed by atoms with Crippen LogP contribution in [0.4, 0.5) is 4.39 Å². The van der Waals surface area contributed by atoms with Crippen LogP contribution < -0.4 is 0 Å². The van der Waals surface area contributed by atoms with Gasteiger partial charge in [0.25, 0.3) is 5.91 Å². The van der Waals surface area contributed by atoms with Crippen molar-refractivity contribution in [2.75, 3.05) is 13.7 Å². The van der Waals surface area contributed by atoms with Crippen LogP contribution in [0.2, 0.25) is 5.02 Å². The van der Waals surface area contributed by atoms with Gasteiger partial charge >= 0.3 is 5.97 Å². The maximum atomic E-state index is 13.1. The minimum absolute atomic E-state index is 0.0350. The number of benzene rings is 2. The summed E-state index contributed by atoms with van der Waals surface area (Å²) < 4.78 is 18.0. The van der Waals surface area contributed by atoms with E-state index in [9.17, 15) is 14.0 Å². The summed E-state index contributed by atoms with van der Waals surface area (Å²) >= 11 is 5.67. The summed E-state index contributed by atoms with van der Waals surface area (Å²) in [5, 5.41) is -0.0350. The molecule has 0 spiro atoms. The van der Waals surface area contributed by atoms with E-state index in [1.165, 1.54) is 29.2 Å². The first-order valence-corrected chi connectivity index (χ1v) is 8.36. The number of carbonyl (C=O) groups is 2. The zero-order chi connectivity index (χ0) is 19.1. The Labute approximate surface area is 156 Å². The molecule has 2 aromatic rings. The van der Waals surface area contributed by atoms with Gasteiger partial charge in [0.1, 0.15) is 5.82 Å². The first kappa shape index (κ1) is 19.7. The van der Waals surface area contributed by atoms with Gasteiger partial charge < -0.3 is 9.64 Å². The average Bonchev–Trinajstić information content (AvgIpc) is 2.66. The molecule has 2 aromatic carbocycles. The lowest BCUT2D eigenvalue weighted by molar-refractivity contribution is -0.148. The van der Waals surface area contributed by atoms with E-state index in [-0.39, 0.29) is 23.6 Å². The van der Waals surface area contributed by atoms with Gasteiger partial charge in [0.05, 0.1) is 11.1 Å². The molecule has 0 N–H and O–H groups in total. The predicted molar refractivity (Wildman–Crippen MR) is 99.0 cm³/mol. The van der Waals surface area contributed by atoms with Gasteiger partial charge in [-0.3, -0.25) is 4.79 Å². The van der Waals surface area contributed by atoms with Crippen molar-refractivity contribution < 1.29 is 18.7 Å². The summed E-state index contributed by atoms with van der Waals surface area (Å²) in [5.74, 6) is -1.51. The monoisotopic (exact) mass is 375 g/mol. The van der Waals surface area contributed by atoms with Crippen molar-refractivity contribution in [3.8, 4) is 0 Å². The summed E-state index contributed by atoms with van der Waals surface area (Å²) in [7, 11) is 1.66. The van der Waals surface area contributed by atoms with Crippen LogP contribution in [0.5, 0.6) is 0 Å². The molecule has 4 nitrogen and oxygen atoms in total. The molecule has 0 aliphatic carbocycles. The molecule has 26 heavy (non-hydrogen) atoms. The van der Waals surface area contributed by atoms with Crippen LogP contribution in [0, 0.1) is 5.82 Å². The summed E-state index contributed by atoms with van der Waals surface area (Å²) in [5.41, 5.74) is 1.54. The molecule has 2 rings (SSSR count). The fourth-order valence-corrected chi connectivity index (χ4v) is 2.42. The zero-order valence-electron chi connectivity index (χ0n) is 14.5. The molecular formula is C20H19ClFNO3. The third kappa shape index (κ3) is 5.43. The number of rotatable bonds is 6. The third-order valence-corrected chi connectivity index (χ3v) is 4.24. The molecule has 6 heteroatoms. The van der Waals surface area contributed by atoms with Crippen molar-refractivity contribution in [1.29, 1.82) is 0 Å². The second kappa shape index (κ2) is 9.15.